The lowest BCUT2D eigenvalue weighted by molar-refractivity contribution is 0.295. The second kappa shape index (κ2) is 8.52. The van der Waals surface area contributed by atoms with Crippen molar-refractivity contribution in [3.05, 3.63) is 48.5 Å². The van der Waals surface area contributed by atoms with Gasteiger partial charge < -0.3 is 9.47 Å². The quantitative estimate of drug-likeness (QED) is 0.250. The molecule has 0 aliphatic heterocycles. The molecule has 0 bridgehead atoms. The zero-order valence-electron chi connectivity index (χ0n) is 12.2. The van der Waals surface area contributed by atoms with Gasteiger partial charge in [0.2, 0.25) is 0 Å². The molecule has 0 spiro atoms. The summed E-state index contributed by atoms with van der Waals surface area (Å²) < 4.78 is 9.94. The Kier molecular flexibility index (Phi) is 6.99. The first-order valence-corrected chi connectivity index (χ1v) is 15.9. The van der Waals surface area contributed by atoms with E-state index in [-0.39, 0.29) is 0 Å². The molecular weight excluding hydrogens is 492 g/mol. The molecule has 0 saturated heterocycles. The van der Waals surface area contributed by atoms with Gasteiger partial charge in [0.15, 0.2) is 11.5 Å². The first-order valence-electron chi connectivity index (χ1n) is 6.93. The standard InChI is InChI=1S/C16H17Br3O2Si/c1-20-15-10-5-9-14(13-7-3-2-4-8-13)16(15)21-11-6-12-22(17,18)19/h2-5,7-10H,6,11-12H2,1H3. The molecule has 0 fully saturated rings. The lowest BCUT2D eigenvalue weighted by Crippen LogP contribution is -2.09. The van der Waals surface area contributed by atoms with Gasteiger partial charge in [0.25, 0.3) is 3.93 Å². The number of rotatable bonds is 7. The third kappa shape index (κ3) is 5.40. The summed E-state index contributed by atoms with van der Waals surface area (Å²) in [6, 6.07) is 17.2. The topological polar surface area (TPSA) is 18.5 Å². The average molecular weight is 509 g/mol. The molecule has 22 heavy (non-hydrogen) atoms. The molecule has 0 atom stereocenters. The van der Waals surface area contributed by atoms with Crippen LogP contribution in [0.4, 0.5) is 0 Å². The number of benzene rings is 2. The van der Waals surface area contributed by atoms with Crippen LogP contribution < -0.4 is 9.47 Å². The average Bonchev–Trinajstić information content (AvgIpc) is 2.51. The Morgan fingerprint density at radius 2 is 1.68 bits per heavy atom. The normalized spacial score (nSPS) is 11.3. The molecule has 0 unspecified atom stereocenters. The lowest BCUT2D eigenvalue weighted by Gasteiger charge is -2.16. The van der Waals surface area contributed by atoms with E-state index < -0.39 is 3.93 Å². The zero-order valence-corrected chi connectivity index (χ0v) is 17.9. The molecule has 0 N–H and O–H groups in total. The third-order valence-electron chi connectivity index (χ3n) is 3.13. The minimum Gasteiger partial charge on any atom is -0.493 e. The first kappa shape index (κ1) is 18.0. The Bertz CT molecular complexity index is 600. The summed E-state index contributed by atoms with van der Waals surface area (Å²) in [6.45, 7) is 0.651. The van der Waals surface area contributed by atoms with Crippen molar-refractivity contribution in [1.82, 2.24) is 0 Å². The van der Waals surface area contributed by atoms with Crippen LogP contribution in [0.25, 0.3) is 11.1 Å². The van der Waals surface area contributed by atoms with E-state index >= 15 is 0 Å². The Hall–Kier alpha value is -0.303. The van der Waals surface area contributed by atoms with Crippen molar-refractivity contribution in [2.45, 2.75) is 12.5 Å². The van der Waals surface area contributed by atoms with Gasteiger partial charge in [-0.1, -0.05) is 88.3 Å². The zero-order chi connectivity index (χ0) is 16.0. The molecule has 0 aliphatic carbocycles. The van der Waals surface area contributed by atoms with Crippen molar-refractivity contribution in [2.24, 2.45) is 0 Å². The Morgan fingerprint density at radius 1 is 0.955 bits per heavy atom. The fraction of sp³-hybridized carbons (Fsp3) is 0.250. The third-order valence-corrected chi connectivity index (χ3v) is 7.62. The van der Waals surface area contributed by atoms with Crippen molar-refractivity contribution in [3.8, 4) is 22.6 Å². The second-order valence-electron chi connectivity index (χ2n) is 4.77. The van der Waals surface area contributed by atoms with E-state index in [2.05, 4.69) is 64.1 Å². The largest absolute Gasteiger partial charge is 0.493 e. The minimum absolute atomic E-state index is 0.651. The SMILES string of the molecule is COc1cccc(-c2ccccc2)c1OCCC[Si](Br)(Br)Br. The molecule has 2 aromatic carbocycles. The minimum atomic E-state index is -1.57. The fourth-order valence-corrected chi connectivity index (χ4v) is 5.19. The summed E-state index contributed by atoms with van der Waals surface area (Å²) in [4.78, 5) is 0. The van der Waals surface area contributed by atoms with Crippen LogP contribution in [0.1, 0.15) is 6.42 Å². The molecule has 2 rings (SSSR count). The molecule has 0 aliphatic rings. The van der Waals surface area contributed by atoms with E-state index in [1.165, 1.54) is 0 Å². The summed E-state index contributed by atoms with van der Waals surface area (Å²) in [5.74, 6) is 1.57. The molecule has 0 radical (unpaired) electrons. The highest BCUT2D eigenvalue weighted by molar-refractivity contribution is 9.72. The van der Waals surface area contributed by atoms with Crippen LogP contribution in [0.3, 0.4) is 0 Å². The lowest BCUT2D eigenvalue weighted by atomic mass is 10.0. The van der Waals surface area contributed by atoms with Gasteiger partial charge in [-0.25, -0.2) is 0 Å². The predicted octanol–water partition coefficient (Wildman–Crippen LogP) is 6.25. The molecule has 0 saturated carbocycles. The monoisotopic (exact) mass is 506 g/mol. The maximum absolute atomic E-state index is 6.04. The van der Waals surface area contributed by atoms with Crippen LogP contribution in [0, 0.1) is 0 Å². The smallest absolute Gasteiger partial charge is 0.267 e. The number of halogens is 3. The molecular formula is C16H17Br3O2Si. The summed E-state index contributed by atoms with van der Waals surface area (Å²) in [6.07, 6.45) is 0.959. The van der Waals surface area contributed by atoms with Crippen molar-refractivity contribution in [1.29, 1.82) is 0 Å². The van der Waals surface area contributed by atoms with Crippen LogP contribution in [-0.2, 0) is 0 Å². The number of para-hydroxylation sites is 1. The summed E-state index contributed by atoms with van der Waals surface area (Å²) in [5.41, 5.74) is 2.18. The van der Waals surface area contributed by atoms with E-state index in [1.54, 1.807) is 7.11 Å². The van der Waals surface area contributed by atoms with E-state index in [9.17, 15) is 0 Å². The van der Waals surface area contributed by atoms with Gasteiger partial charge in [0.05, 0.1) is 13.7 Å². The highest BCUT2D eigenvalue weighted by Crippen LogP contribution is 2.38. The molecule has 2 aromatic rings. The molecule has 6 heteroatoms. The van der Waals surface area contributed by atoms with Gasteiger partial charge in [-0.15, -0.1) is 0 Å². The van der Waals surface area contributed by atoms with Crippen molar-refractivity contribution >= 4 is 49.8 Å². The van der Waals surface area contributed by atoms with Crippen molar-refractivity contribution in [3.63, 3.8) is 0 Å². The predicted molar refractivity (Wildman–Crippen MR) is 106 cm³/mol. The van der Waals surface area contributed by atoms with E-state index in [4.69, 9.17) is 9.47 Å². The second-order valence-corrected chi connectivity index (χ2v) is 28.3. The summed E-state index contributed by atoms with van der Waals surface area (Å²) in [5, 5.41) is 0. The maximum Gasteiger partial charge on any atom is 0.267 e. The van der Waals surface area contributed by atoms with E-state index in [1.807, 2.05) is 30.3 Å². The van der Waals surface area contributed by atoms with Crippen molar-refractivity contribution in [2.75, 3.05) is 13.7 Å². The molecule has 0 heterocycles. The van der Waals surface area contributed by atoms with Gasteiger partial charge in [-0.2, -0.15) is 0 Å². The summed E-state index contributed by atoms with van der Waals surface area (Å²) >= 11 is 10.9. The molecule has 118 valence electrons. The number of hydrogen-bond acceptors (Lipinski definition) is 2. The maximum atomic E-state index is 6.04. The van der Waals surface area contributed by atoms with E-state index in [0.29, 0.717) is 6.61 Å². The van der Waals surface area contributed by atoms with Crippen molar-refractivity contribution < 1.29 is 9.47 Å². The Morgan fingerprint density at radius 3 is 2.32 bits per heavy atom. The number of methoxy groups -OCH3 is 1. The molecule has 0 aromatic heterocycles. The van der Waals surface area contributed by atoms with Gasteiger partial charge in [-0.05, 0) is 24.1 Å². The number of ether oxygens (including phenoxy) is 2. The summed E-state index contributed by atoms with van der Waals surface area (Å²) in [7, 11) is 1.67. The van der Waals surface area contributed by atoms with Crippen LogP contribution >= 0.6 is 45.9 Å². The number of hydrogen-bond donors (Lipinski definition) is 0. The Labute approximate surface area is 156 Å². The fourth-order valence-electron chi connectivity index (χ4n) is 2.12. The van der Waals surface area contributed by atoms with E-state index in [0.717, 1.165) is 35.1 Å². The Balaban J connectivity index is 2.18. The van der Waals surface area contributed by atoms with Gasteiger partial charge >= 0.3 is 0 Å². The highest BCUT2D eigenvalue weighted by Gasteiger charge is 2.21. The van der Waals surface area contributed by atoms with Crippen LogP contribution in [0.2, 0.25) is 6.04 Å². The van der Waals surface area contributed by atoms with Gasteiger partial charge in [0.1, 0.15) is 0 Å². The van der Waals surface area contributed by atoms with Gasteiger partial charge in [-0.3, -0.25) is 0 Å². The highest BCUT2D eigenvalue weighted by atomic mass is 80.0. The molecule has 2 nitrogen and oxygen atoms in total. The first-order chi connectivity index (χ1) is 10.5. The van der Waals surface area contributed by atoms with Crippen LogP contribution in [-0.4, -0.2) is 17.6 Å². The van der Waals surface area contributed by atoms with Crippen LogP contribution in [0.15, 0.2) is 48.5 Å². The van der Waals surface area contributed by atoms with Gasteiger partial charge in [0, 0.05) is 5.56 Å². The van der Waals surface area contributed by atoms with Crippen LogP contribution in [0.5, 0.6) is 11.5 Å². The molecule has 0 amide bonds.